The molecule has 1 saturated carbocycles. The Morgan fingerprint density at radius 3 is 2.67 bits per heavy atom. The molecule has 12 heavy (non-hydrogen) atoms. The summed E-state index contributed by atoms with van der Waals surface area (Å²) in [6.07, 6.45) is 2.59. The summed E-state index contributed by atoms with van der Waals surface area (Å²) in [6, 6.07) is 6.00. The largest absolute Gasteiger partial charge is 0.323 e. The molecule has 0 aromatic heterocycles. The molecular weight excluding hydrogens is 172 g/mol. The van der Waals surface area contributed by atoms with E-state index in [0.29, 0.717) is 5.02 Å². The summed E-state index contributed by atoms with van der Waals surface area (Å²) >= 11 is 5.96. The summed E-state index contributed by atoms with van der Waals surface area (Å²) in [7, 11) is 0. The molecule has 0 radical (unpaired) electrons. The minimum atomic E-state index is 0.710. The molecule has 0 heterocycles. The van der Waals surface area contributed by atoms with Gasteiger partial charge >= 0.3 is 0 Å². The molecule has 0 spiro atoms. The van der Waals surface area contributed by atoms with Crippen molar-refractivity contribution in [2.75, 3.05) is 5.43 Å². The van der Waals surface area contributed by atoms with Crippen molar-refractivity contribution in [3.05, 3.63) is 28.8 Å². The van der Waals surface area contributed by atoms with Gasteiger partial charge in [0.1, 0.15) is 0 Å². The highest BCUT2D eigenvalue weighted by Gasteiger charge is 2.23. The lowest BCUT2D eigenvalue weighted by Crippen LogP contribution is -2.07. The van der Waals surface area contributed by atoms with Crippen molar-refractivity contribution in [1.29, 1.82) is 0 Å². The first-order valence-electron chi connectivity index (χ1n) is 4.07. The lowest BCUT2D eigenvalue weighted by Gasteiger charge is -2.04. The number of nitrogen functional groups attached to an aromatic ring is 1. The zero-order chi connectivity index (χ0) is 8.55. The molecule has 0 aliphatic heterocycles. The fraction of sp³-hybridized carbons (Fsp3) is 0.333. The van der Waals surface area contributed by atoms with Gasteiger partial charge in [-0.2, -0.15) is 0 Å². The Morgan fingerprint density at radius 1 is 1.42 bits per heavy atom. The average molecular weight is 183 g/mol. The minimum Gasteiger partial charge on any atom is -0.323 e. The molecule has 2 rings (SSSR count). The monoisotopic (exact) mass is 182 g/mol. The second-order valence-electron chi connectivity index (χ2n) is 3.16. The van der Waals surface area contributed by atoms with Crippen LogP contribution in [0.4, 0.5) is 5.69 Å². The Labute approximate surface area is 76.7 Å². The van der Waals surface area contributed by atoms with E-state index in [1.54, 1.807) is 0 Å². The van der Waals surface area contributed by atoms with Gasteiger partial charge in [0.25, 0.3) is 0 Å². The van der Waals surface area contributed by atoms with E-state index in [0.717, 1.165) is 11.6 Å². The van der Waals surface area contributed by atoms with Gasteiger partial charge in [-0.05, 0) is 36.5 Å². The highest BCUT2D eigenvalue weighted by Crippen LogP contribution is 2.41. The molecule has 0 atom stereocenters. The maximum absolute atomic E-state index is 5.96. The molecule has 0 unspecified atom stereocenters. The van der Waals surface area contributed by atoms with Crippen LogP contribution in [0.25, 0.3) is 0 Å². The van der Waals surface area contributed by atoms with Crippen LogP contribution in [-0.2, 0) is 0 Å². The van der Waals surface area contributed by atoms with E-state index < -0.39 is 0 Å². The number of hydrogen-bond donors (Lipinski definition) is 2. The van der Waals surface area contributed by atoms with E-state index >= 15 is 0 Å². The standard InChI is InChI=1S/C9H11ClN2/c10-8-5-7(6-1-2-6)3-4-9(8)12-11/h3-6,12H,1-2,11H2. The first-order valence-corrected chi connectivity index (χ1v) is 4.45. The van der Waals surface area contributed by atoms with Gasteiger partial charge in [0.15, 0.2) is 0 Å². The van der Waals surface area contributed by atoms with Crippen molar-refractivity contribution < 1.29 is 0 Å². The van der Waals surface area contributed by atoms with Crippen LogP contribution in [0.15, 0.2) is 18.2 Å². The van der Waals surface area contributed by atoms with E-state index in [2.05, 4.69) is 11.5 Å². The lowest BCUT2D eigenvalue weighted by molar-refractivity contribution is 1.13. The van der Waals surface area contributed by atoms with Crippen molar-refractivity contribution in [2.45, 2.75) is 18.8 Å². The summed E-state index contributed by atoms with van der Waals surface area (Å²) in [5, 5.41) is 0.710. The number of rotatable bonds is 2. The summed E-state index contributed by atoms with van der Waals surface area (Å²) in [5.74, 6) is 6.00. The van der Waals surface area contributed by atoms with Crippen LogP contribution in [-0.4, -0.2) is 0 Å². The third-order valence-electron chi connectivity index (χ3n) is 2.20. The predicted molar refractivity (Wildman–Crippen MR) is 51.2 cm³/mol. The SMILES string of the molecule is NNc1ccc(C2CC2)cc1Cl. The van der Waals surface area contributed by atoms with Crippen LogP contribution < -0.4 is 11.3 Å². The van der Waals surface area contributed by atoms with Crippen molar-refractivity contribution in [3.63, 3.8) is 0 Å². The fourth-order valence-electron chi connectivity index (χ4n) is 1.32. The number of hydrazine groups is 1. The first kappa shape index (κ1) is 7.90. The minimum absolute atomic E-state index is 0.710. The van der Waals surface area contributed by atoms with Crippen LogP contribution in [0.3, 0.4) is 0 Å². The van der Waals surface area contributed by atoms with Crippen LogP contribution >= 0.6 is 11.6 Å². The molecule has 3 heteroatoms. The van der Waals surface area contributed by atoms with Gasteiger partial charge in [-0.3, -0.25) is 5.84 Å². The highest BCUT2D eigenvalue weighted by molar-refractivity contribution is 6.33. The maximum Gasteiger partial charge on any atom is 0.0672 e. The first-order chi connectivity index (χ1) is 5.81. The van der Waals surface area contributed by atoms with E-state index in [4.69, 9.17) is 17.4 Å². The number of benzene rings is 1. The Morgan fingerprint density at radius 2 is 2.17 bits per heavy atom. The molecule has 1 fully saturated rings. The molecule has 1 aliphatic carbocycles. The van der Waals surface area contributed by atoms with E-state index in [1.807, 2.05) is 12.1 Å². The highest BCUT2D eigenvalue weighted by atomic mass is 35.5. The number of halogens is 1. The third kappa shape index (κ3) is 1.40. The average Bonchev–Trinajstić information content (AvgIpc) is 2.86. The fourth-order valence-corrected chi connectivity index (χ4v) is 1.56. The smallest absolute Gasteiger partial charge is 0.0672 e. The molecule has 0 amide bonds. The van der Waals surface area contributed by atoms with Gasteiger partial charge in [0, 0.05) is 0 Å². The van der Waals surface area contributed by atoms with E-state index in [9.17, 15) is 0 Å². The van der Waals surface area contributed by atoms with Crippen LogP contribution in [0.1, 0.15) is 24.3 Å². The van der Waals surface area contributed by atoms with E-state index in [1.165, 1.54) is 18.4 Å². The Balaban J connectivity index is 2.30. The van der Waals surface area contributed by atoms with E-state index in [-0.39, 0.29) is 0 Å². The van der Waals surface area contributed by atoms with Gasteiger partial charge in [0.05, 0.1) is 10.7 Å². The number of nitrogens with one attached hydrogen (secondary N) is 1. The number of anilines is 1. The van der Waals surface area contributed by atoms with Crippen LogP contribution in [0.2, 0.25) is 5.02 Å². The molecule has 1 aromatic carbocycles. The van der Waals surface area contributed by atoms with Crippen molar-refractivity contribution in [3.8, 4) is 0 Å². The Hall–Kier alpha value is -0.730. The van der Waals surface area contributed by atoms with Gasteiger partial charge in [-0.25, -0.2) is 0 Å². The summed E-state index contributed by atoms with van der Waals surface area (Å²) in [4.78, 5) is 0. The topological polar surface area (TPSA) is 38.0 Å². The van der Waals surface area contributed by atoms with Gasteiger partial charge in [-0.1, -0.05) is 17.7 Å². The van der Waals surface area contributed by atoms with Crippen molar-refractivity contribution >= 4 is 17.3 Å². The Bertz CT molecular complexity index is 295. The third-order valence-corrected chi connectivity index (χ3v) is 2.51. The van der Waals surface area contributed by atoms with Crippen molar-refractivity contribution in [1.82, 2.24) is 0 Å². The molecule has 1 aliphatic rings. The van der Waals surface area contributed by atoms with Gasteiger partial charge in [0.2, 0.25) is 0 Å². The summed E-state index contributed by atoms with van der Waals surface area (Å²) in [6.45, 7) is 0. The predicted octanol–water partition coefficient (Wildman–Crippen LogP) is 2.50. The zero-order valence-corrected chi connectivity index (χ0v) is 7.43. The second-order valence-corrected chi connectivity index (χ2v) is 3.57. The summed E-state index contributed by atoms with van der Waals surface area (Å²) < 4.78 is 0. The molecule has 3 N–H and O–H groups in total. The summed E-state index contributed by atoms with van der Waals surface area (Å²) in [5.41, 5.74) is 4.67. The normalized spacial score (nSPS) is 16.2. The number of nitrogens with two attached hydrogens (primary N) is 1. The van der Waals surface area contributed by atoms with Gasteiger partial charge in [-0.15, -0.1) is 0 Å². The molecule has 0 bridgehead atoms. The number of hydrogen-bond acceptors (Lipinski definition) is 2. The van der Waals surface area contributed by atoms with Crippen LogP contribution in [0.5, 0.6) is 0 Å². The second kappa shape index (κ2) is 2.96. The van der Waals surface area contributed by atoms with Crippen molar-refractivity contribution in [2.24, 2.45) is 5.84 Å². The molecular formula is C9H11ClN2. The quantitative estimate of drug-likeness (QED) is 0.545. The molecule has 2 nitrogen and oxygen atoms in total. The lowest BCUT2D eigenvalue weighted by atomic mass is 10.1. The zero-order valence-electron chi connectivity index (χ0n) is 6.68. The van der Waals surface area contributed by atoms with Crippen LogP contribution in [0, 0.1) is 0 Å². The maximum atomic E-state index is 5.96. The molecule has 0 saturated heterocycles. The molecule has 64 valence electrons. The molecule has 1 aromatic rings. The van der Waals surface area contributed by atoms with Gasteiger partial charge < -0.3 is 5.43 Å². The Kier molecular flexibility index (Phi) is 1.95.